The lowest BCUT2D eigenvalue weighted by Crippen LogP contribution is -2.42. The van der Waals surface area contributed by atoms with E-state index in [0.717, 1.165) is 44.6 Å². The molecule has 3 rings (SSSR count). The van der Waals surface area contributed by atoms with Gasteiger partial charge in [0.05, 0.1) is 17.5 Å². The lowest BCUT2D eigenvalue weighted by Gasteiger charge is -2.30. The highest BCUT2D eigenvalue weighted by atomic mass is 32.2. The summed E-state index contributed by atoms with van der Waals surface area (Å²) >= 11 is 0. The second kappa shape index (κ2) is 11.9. The molecule has 1 aliphatic heterocycles. The number of ether oxygens (including phenoxy) is 1. The van der Waals surface area contributed by atoms with Gasteiger partial charge in [0.15, 0.2) is 5.90 Å². The standard InChI is InChI=1S/C24H36F3N5O3S/c1-5-16(2)22(35-19-8-6-7-9-19)28-14-17(3)21-20(24(25,26)27)15-29-23(31-21)30-18-10-12-32(13-11-18)36(4,33)34/h14-16,18-19H,5-13H2,1-4H3,(H,29,30,31)/b17-14+,28-22+. The molecule has 0 bridgehead atoms. The van der Waals surface area contributed by atoms with E-state index in [1.807, 2.05) is 13.8 Å². The van der Waals surface area contributed by atoms with Crippen LogP contribution in [0.15, 0.2) is 17.4 Å². The van der Waals surface area contributed by atoms with E-state index in [1.54, 1.807) is 6.92 Å². The van der Waals surface area contributed by atoms with Gasteiger partial charge in [-0.25, -0.2) is 27.7 Å². The van der Waals surface area contributed by atoms with E-state index in [4.69, 9.17) is 4.74 Å². The molecule has 8 nitrogen and oxygen atoms in total. The predicted molar refractivity (Wildman–Crippen MR) is 134 cm³/mol. The summed E-state index contributed by atoms with van der Waals surface area (Å²) in [6, 6.07) is -0.147. The van der Waals surface area contributed by atoms with Crippen LogP contribution in [0.25, 0.3) is 5.57 Å². The number of sulfonamides is 1. The van der Waals surface area contributed by atoms with Gasteiger partial charge in [-0.15, -0.1) is 0 Å². The molecular formula is C24H36F3N5O3S. The largest absolute Gasteiger partial charge is 0.477 e. The molecule has 2 aliphatic rings. The number of halogens is 3. The van der Waals surface area contributed by atoms with E-state index in [9.17, 15) is 21.6 Å². The molecule has 0 aromatic carbocycles. The van der Waals surface area contributed by atoms with Crippen molar-refractivity contribution in [3.05, 3.63) is 23.7 Å². The predicted octanol–water partition coefficient (Wildman–Crippen LogP) is 5.10. The van der Waals surface area contributed by atoms with Crippen molar-refractivity contribution >= 4 is 27.4 Å². The first-order valence-electron chi connectivity index (χ1n) is 12.5. The van der Waals surface area contributed by atoms with Crippen LogP contribution in [-0.2, 0) is 20.9 Å². The zero-order valence-electron chi connectivity index (χ0n) is 21.3. The van der Waals surface area contributed by atoms with Crippen molar-refractivity contribution in [1.29, 1.82) is 0 Å². The molecule has 202 valence electrons. The number of allylic oxidation sites excluding steroid dienone is 1. The Morgan fingerprint density at radius 2 is 1.92 bits per heavy atom. The fourth-order valence-electron chi connectivity index (χ4n) is 4.32. The Labute approximate surface area is 211 Å². The van der Waals surface area contributed by atoms with Gasteiger partial charge >= 0.3 is 6.18 Å². The summed E-state index contributed by atoms with van der Waals surface area (Å²) in [7, 11) is -3.27. The number of alkyl halides is 3. The van der Waals surface area contributed by atoms with Crippen LogP contribution in [0.4, 0.5) is 19.1 Å². The van der Waals surface area contributed by atoms with Gasteiger partial charge < -0.3 is 10.1 Å². The van der Waals surface area contributed by atoms with E-state index in [1.165, 1.54) is 10.5 Å². The topological polar surface area (TPSA) is 96.8 Å². The molecule has 1 atom stereocenters. The molecule has 0 spiro atoms. The van der Waals surface area contributed by atoms with Crippen molar-refractivity contribution in [1.82, 2.24) is 14.3 Å². The molecule has 0 radical (unpaired) electrons. The van der Waals surface area contributed by atoms with Gasteiger partial charge in [0.2, 0.25) is 16.0 Å². The smallest absolute Gasteiger partial charge is 0.419 e. The second-order valence-electron chi connectivity index (χ2n) is 9.65. The van der Waals surface area contributed by atoms with Crippen LogP contribution in [0.1, 0.15) is 77.0 Å². The van der Waals surface area contributed by atoms with E-state index in [0.29, 0.717) is 31.8 Å². The fourth-order valence-corrected chi connectivity index (χ4v) is 5.19. The summed E-state index contributed by atoms with van der Waals surface area (Å²) in [5.41, 5.74) is -0.942. The molecule has 2 heterocycles. The molecule has 2 fully saturated rings. The van der Waals surface area contributed by atoms with Gasteiger partial charge in [-0.3, -0.25) is 0 Å². The summed E-state index contributed by atoms with van der Waals surface area (Å²) in [5.74, 6) is 0.636. The molecule has 1 saturated carbocycles. The number of hydrogen-bond acceptors (Lipinski definition) is 7. The first kappa shape index (κ1) is 28.4. The van der Waals surface area contributed by atoms with Crippen LogP contribution in [0.3, 0.4) is 0 Å². The average molecular weight is 532 g/mol. The van der Waals surface area contributed by atoms with Gasteiger partial charge in [0.25, 0.3) is 0 Å². The average Bonchev–Trinajstić information content (AvgIpc) is 3.33. The quantitative estimate of drug-likeness (QED) is 0.371. The number of nitrogens with one attached hydrogen (secondary N) is 1. The Balaban J connectivity index is 1.83. The summed E-state index contributed by atoms with van der Waals surface area (Å²) in [5, 5.41) is 3.07. The lowest BCUT2D eigenvalue weighted by molar-refractivity contribution is -0.138. The van der Waals surface area contributed by atoms with Crippen molar-refractivity contribution < 1.29 is 26.3 Å². The van der Waals surface area contributed by atoms with Crippen LogP contribution in [-0.4, -0.2) is 60.1 Å². The molecule has 1 saturated heterocycles. The lowest BCUT2D eigenvalue weighted by atomic mass is 10.1. The number of piperidine rings is 1. The number of nitrogens with zero attached hydrogens (tertiary/aromatic N) is 4. The van der Waals surface area contributed by atoms with Crippen molar-refractivity contribution in [2.75, 3.05) is 24.7 Å². The third-order valence-corrected chi connectivity index (χ3v) is 8.04. The molecule has 12 heteroatoms. The van der Waals surface area contributed by atoms with Gasteiger partial charge in [0, 0.05) is 37.4 Å². The number of rotatable bonds is 8. The minimum absolute atomic E-state index is 0.0390. The number of aliphatic imine (C=N–C) groups is 1. The Morgan fingerprint density at radius 1 is 1.28 bits per heavy atom. The van der Waals surface area contributed by atoms with Crippen LogP contribution in [0.5, 0.6) is 0 Å². The number of anilines is 1. The second-order valence-corrected chi connectivity index (χ2v) is 11.6. The third kappa shape index (κ3) is 7.64. The van der Waals surface area contributed by atoms with E-state index >= 15 is 0 Å². The van der Waals surface area contributed by atoms with Crippen LogP contribution in [0, 0.1) is 5.92 Å². The minimum atomic E-state index is -4.63. The first-order chi connectivity index (χ1) is 16.9. The summed E-state index contributed by atoms with van der Waals surface area (Å²) < 4.78 is 72.2. The van der Waals surface area contributed by atoms with Gasteiger partial charge in [0.1, 0.15) is 6.10 Å². The molecule has 1 unspecified atom stereocenters. The van der Waals surface area contributed by atoms with Crippen molar-refractivity contribution in [2.24, 2.45) is 10.9 Å². The molecule has 1 aromatic heterocycles. The fraction of sp³-hybridized carbons (Fsp3) is 0.708. The maximum Gasteiger partial charge on any atom is 0.419 e. The Kier molecular flexibility index (Phi) is 9.37. The monoisotopic (exact) mass is 531 g/mol. The SMILES string of the molecule is CCC(C)/C(=N\C=C(/C)c1nc(NC2CCN(S(C)(=O)=O)CC2)ncc1C(F)(F)F)OC1CCCC1. The number of aromatic nitrogens is 2. The summed E-state index contributed by atoms with van der Waals surface area (Å²) in [6.45, 7) is 6.20. The summed E-state index contributed by atoms with van der Waals surface area (Å²) in [6.07, 6.45) is 4.73. The van der Waals surface area contributed by atoms with Crippen molar-refractivity contribution in [3.8, 4) is 0 Å². The molecule has 0 amide bonds. The first-order valence-corrected chi connectivity index (χ1v) is 14.3. The van der Waals surface area contributed by atoms with Gasteiger partial charge in [-0.05, 0) is 57.4 Å². The Bertz CT molecular complexity index is 1060. The molecule has 1 aromatic rings. The van der Waals surface area contributed by atoms with E-state index < -0.39 is 21.8 Å². The third-order valence-electron chi connectivity index (χ3n) is 6.73. The van der Waals surface area contributed by atoms with Crippen LogP contribution in [0.2, 0.25) is 0 Å². The zero-order chi connectivity index (χ0) is 26.5. The Hall–Kier alpha value is -2.21. The van der Waals surface area contributed by atoms with E-state index in [2.05, 4.69) is 20.3 Å². The molecular weight excluding hydrogens is 495 g/mol. The molecule has 1 N–H and O–H groups in total. The molecule has 36 heavy (non-hydrogen) atoms. The highest BCUT2D eigenvalue weighted by Crippen LogP contribution is 2.34. The van der Waals surface area contributed by atoms with Crippen LogP contribution < -0.4 is 5.32 Å². The highest BCUT2D eigenvalue weighted by Gasteiger charge is 2.36. The highest BCUT2D eigenvalue weighted by molar-refractivity contribution is 7.88. The minimum Gasteiger partial charge on any atom is -0.477 e. The number of hydrogen-bond donors (Lipinski definition) is 1. The zero-order valence-corrected chi connectivity index (χ0v) is 22.1. The summed E-state index contributed by atoms with van der Waals surface area (Å²) in [4.78, 5) is 12.5. The van der Waals surface area contributed by atoms with E-state index in [-0.39, 0.29) is 35.3 Å². The molecule has 1 aliphatic carbocycles. The Morgan fingerprint density at radius 3 is 2.47 bits per heavy atom. The maximum atomic E-state index is 13.8. The van der Waals surface area contributed by atoms with Crippen LogP contribution >= 0.6 is 0 Å². The van der Waals surface area contributed by atoms with Crippen molar-refractivity contribution in [3.63, 3.8) is 0 Å². The normalized spacial score (nSPS) is 20.5. The van der Waals surface area contributed by atoms with Gasteiger partial charge in [-0.2, -0.15) is 13.2 Å². The maximum absolute atomic E-state index is 13.8. The van der Waals surface area contributed by atoms with Crippen molar-refractivity contribution in [2.45, 2.75) is 84.0 Å². The van der Waals surface area contributed by atoms with Gasteiger partial charge in [-0.1, -0.05) is 13.8 Å².